The molecule has 1 aliphatic rings. The third kappa shape index (κ3) is 3.63. The van der Waals surface area contributed by atoms with E-state index in [0.717, 1.165) is 31.6 Å². The summed E-state index contributed by atoms with van der Waals surface area (Å²) in [5, 5.41) is 6.56. The van der Waals surface area contributed by atoms with Crippen LogP contribution in [0, 0.1) is 0 Å². The molecule has 0 fully saturated rings. The molecule has 1 aliphatic heterocycles. The van der Waals surface area contributed by atoms with Gasteiger partial charge in [0.25, 0.3) is 0 Å². The van der Waals surface area contributed by atoms with Gasteiger partial charge >= 0.3 is 0 Å². The van der Waals surface area contributed by atoms with E-state index >= 15 is 0 Å². The summed E-state index contributed by atoms with van der Waals surface area (Å²) < 4.78 is 1.77. The number of Topliss-reactive ketones (excluding diaryl/α,β-unsaturated/α-hetero) is 1. The minimum atomic E-state index is -0.304. The quantitative estimate of drug-likeness (QED) is 0.578. The number of benzene rings is 2. The van der Waals surface area contributed by atoms with Gasteiger partial charge in [-0.1, -0.05) is 71.6 Å². The number of hydrogen-bond acceptors (Lipinski definition) is 7. The zero-order valence-corrected chi connectivity index (χ0v) is 18.0. The highest BCUT2D eigenvalue weighted by Gasteiger charge is 2.36. The van der Waals surface area contributed by atoms with E-state index < -0.39 is 0 Å². The van der Waals surface area contributed by atoms with Gasteiger partial charge in [0.1, 0.15) is 10.4 Å². The minimum absolute atomic E-state index is 0.0635. The second kappa shape index (κ2) is 8.31. The van der Waals surface area contributed by atoms with E-state index in [2.05, 4.69) is 4.99 Å². The number of carbonyl (C=O) groups excluding carboxylic acids is 1. The Balaban J connectivity index is 2.07. The summed E-state index contributed by atoms with van der Waals surface area (Å²) in [5.41, 5.74) is 3.27. The average molecular weight is 421 g/mol. The van der Waals surface area contributed by atoms with Crippen LogP contribution >= 0.6 is 23.1 Å². The van der Waals surface area contributed by atoms with E-state index in [4.69, 9.17) is 10.1 Å². The molecule has 0 saturated heterocycles. The van der Waals surface area contributed by atoms with Crippen LogP contribution in [-0.4, -0.2) is 29.8 Å². The molecule has 0 spiro atoms. The molecule has 5 nitrogen and oxygen atoms in total. The highest BCUT2D eigenvalue weighted by molar-refractivity contribution is 8.00. The van der Waals surface area contributed by atoms with E-state index in [9.17, 15) is 4.79 Å². The number of nitrogens with zero attached hydrogens (tertiary/aromatic N) is 4. The van der Waals surface area contributed by atoms with E-state index in [1.807, 2.05) is 66.9 Å². The molecule has 29 heavy (non-hydrogen) atoms. The number of carbonyl (C=O) groups is 1. The van der Waals surface area contributed by atoms with E-state index in [-0.39, 0.29) is 11.7 Å². The fourth-order valence-electron chi connectivity index (χ4n) is 3.41. The molecule has 3 aromatic rings. The number of ketones is 1. The fraction of sp³-hybridized carbons (Fsp3) is 0.182. The van der Waals surface area contributed by atoms with E-state index in [1.165, 1.54) is 11.3 Å². The first-order valence-corrected chi connectivity index (χ1v) is 11.2. The summed E-state index contributed by atoms with van der Waals surface area (Å²) in [6, 6.07) is 19.8. The Labute approximate surface area is 177 Å². The van der Waals surface area contributed by atoms with Crippen molar-refractivity contribution in [2.45, 2.75) is 17.2 Å². The Hall–Kier alpha value is -2.77. The van der Waals surface area contributed by atoms with Crippen LogP contribution in [-0.2, 0) is 4.79 Å². The van der Waals surface area contributed by atoms with Crippen molar-refractivity contribution in [2.75, 3.05) is 18.3 Å². The highest BCUT2D eigenvalue weighted by atomic mass is 32.2. The second-order valence-corrected chi connectivity index (χ2v) is 8.51. The van der Waals surface area contributed by atoms with Crippen LogP contribution in [0.5, 0.6) is 0 Å². The third-order valence-electron chi connectivity index (χ3n) is 4.70. The van der Waals surface area contributed by atoms with Gasteiger partial charge in [-0.15, -0.1) is 0 Å². The maximum Gasteiger partial charge on any atom is 0.176 e. The van der Waals surface area contributed by atoms with Gasteiger partial charge in [-0.3, -0.25) is 9.79 Å². The van der Waals surface area contributed by atoms with Crippen molar-refractivity contribution >= 4 is 46.1 Å². The smallest absolute Gasteiger partial charge is 0.176 e. The maximum atomic E-state index is 12.7. The molecule has 2 heterocycles. The molecule has 2 aromatic carbocycles. The lowest BCUT2D eigenvalue weighted by Gasteiger charge is -2.31. The number of fused-ring (bicyclic) bond motifs is 1. The van der Waals surface area contributed by atoms with Gasteiger partial charge < -0.3 is 0 Å². The summed E-state index contributed by atoms with van der Waals surface area (Å²) in [7, 11) is 1.78. The van der Waals surface area contributed by atoms with Crippen molar-refractivity contribution in [3.05, 3.63) is 76.5 Å². The lowest BCUT2D eigenvalue weighted by Crippen LogP contribution is -2.35. The van der Waals surface area contributed by atoms with Crippen molar-refractivity contribution in [1.82, 2.24) is 4.98 Å². The molecule has 0 bridgehead atoms. The molecule has 0 radical (unpaired) electrons. The van der Waals surface area contributed by atoms with Crippen molar-refractivity contribution in [3.8, 4) is 0 Å². The molecule has 7 heteroatoms. The molecule has 0 saturated carbocycles. The Morgan fingerprint density at radius 1 is 1.10 bits per heavy atom. The van der Waals surface area contributed by atoms with E-state index in [1.54, 1.807) is 30.7 Å². The van der Waals surface area contributed by atoms with Gasteiger partial charge in [0.15, 0.2) is 15.9 Å². The molecular weight excluding hydrogens is 400 g/mol. The van der Waals surface area contributed by atoms with Gasteiger partial charge in [-0.05, 0) is 24.0 Å². The number of thioether (sulfide) groups is 1. The molecule has 4 rings (SSSR count). The summed E-state index contributed by atoms with van der Waals surface area (Å²) in [4.78, 5) is 22.1. The number of rotatable bonds is 4. The molecule has 1 aromatic heterocycles. The summed E-state index contributed by atoms with van der Waals surface area (Å²) in [6.07, 6.45) is 2.00. The van der Waals surface area contributed by atoms with E-state index in [0.29, 0.717) is 5.71 Å². The Morgan fingerprint density at radius 2 is 1.76 bits per heavy atom. The molecule has 146 valence electrons. The van der Waals surface area contributed by atoms with Crippen LogP contribution in [0.3, 0.4) is 0 Å². The molecule has 0 amide bonds. The Morgan fingerprint density at radius 3 is 2.34 bits per heavy atom. The first kappa shape index (κ1) is 19.5. The van der Waals surface area contributed by atoms with Crippen LogP contribution in [0.1, 0.15) is 24.0 Å². The third-order valence-corrected chi connectivity index (χ3v) is 6.75. The fourth-order valence-corrected chi connectivity index (χ4v) is 4.87. The van der Waals surface area contributed by atoms with Crippen LogP contribution < -0.4 is 9.68 Å². The van der Waals surface area contributed by atoms with Crippen LogP contribution in [0.15, 0.2) is 75.1 Å². The predicted octanol–water partition coefficient (Wildman–Crippen LogP) is 4.62. The average Bonchev–Trinajstić information content (AvgIpc) is 2.78. The summed E-state index contributed by atoms with van der Waals surface area (Å²) >= 11 is 3.12. The first-order chi connectivity index (χ1) is 14.1. The van der Waals surface area contributed by atoms with Gasteiger partial charge in [0.2, 0.25) is 0 Å². The topological polar surface area (TPSA) is 57.9 Å². The largest absolute Gasteiger partial charge is 0.293 e. The number of anilines is 2. The maximum absolute atomic E-state index is 12.7. The minimum Gasteiger partial charge on any atom is -0.293 e. The monoisotopic (exact) mass is 420 g/mol. The van der Waals surface area contributed by atoms with Crippen molar-refractivity contribution in [3.63, 3.8) is 0 Å². The summed E-state index contributed by atoms with van der Waals surface area (Å²) in [5.74, 6) is 0.354. The number of para-hydroxylation sites is 1. The van der Waals surface area contributed by atoms with Crippen LogP contribution in [0.4, 0.5) is 11.5 Å². The molecule has 0 N–H and O–H groups in total. The summed E-state index contributed by atoms with van der Waals surface area (Å²) in [6.45, 7) is 1.57. The SMILES string of the molecule is CN=c1sc(SC)nc2c1C(c1ccccc1)C(C(C)=O)=NN2c1ccccc1. The molecule has 1 unspecified atom stereocenters. The van der Waals surface area contributed by atoms with Crippen molar-refractivity contribution in [1.29, 1.82) is 0 Å². The zero-order chi connectivity index (χ0) is 20.4. The van der Waals surface area contributed by atoms with Crippen LogP contribution in [0.25, 0.3) is 0 Å². The van der Waals surface area contributed by atoms with Crippen LogP contribution in [0.2, 0.25) is 0 Å². The number of aromatic nitrogens is 1. The highest BCUT2D eigenvalue weighted by Crippen LogP contribution is 2.40. The standard InChI is InChI=1S/C22H20N4OS2/c1-14(27)19-17(15-10-6-4-7-11-15)18-20(24-22(28-3)29-21(18)23-2)26(25-19)16-12-8-5-9-13-16/h4-13,17H,1-3H3. The lowest BCUT2D eigenvalue weighted by molar-refractivity contribution is -0.111. The normalized spacial score (nSPS) is 16.4. The van der Waals surface area contributed by atoms with Gasteiger partial charge in [-0.25, -0.2) is 9.99 Å². The van der Waals surface area contributed by atoms with Crippen molar-refractivity contribution < 1.29 is 4.79 Å². The zero-order valence-electron chi connectivity index (χ0n) is 16.4. The second-order valence-electron chi connectivity index (χ2n) is 6.48. The lowest BCUT2D eigenvalue weighted by atomic mass is 9.85. The molecule has 1 atom stereocenters. The Kier molecular flexibility index (Phi) is 5.60. The number of hydrazone groups is 1. The first-order valence-electron chi connectivity index (χ1n) is 9.15. The van der Waals surface area contributed by atoms with Crippen molar-refractivity contribution in [2.24, 2.45) is 10.1 Å². The van der Waals surface area contributed by atoms with Gasteiger partial charge in [-0.2, -0.15) is 5.10 Å². The Bertz CT molecular complexity index is 1140. The van der Waals surface area contributed by atoms with Gasteiger partial charge in [0, 0.05) is 19.5 Å². The number of hydrogen-bond donors (Lipinski definition) is 0. The predicted molar refractivity (Wildman–Crippen MR) is 120 cm³/mol. The molecule has 0 aliphatic carbocycles. The molecular formula is C22H20N4OS2. The van der Waals surface area contributed by atoms with Gasteiger partial charge in [0.05, 0.1) is 11.6 Å².